The van der Waals surface area contributed by atoms with Crippen molar-refractivity contribution in [3.05, 3.63) is 35.9 Å². The first kappa shape index (κ1) is 16.5. The molecule has 0 aromatic heterocycles. The minimum atomic E-state index is 0.688. The van der Waals surface area contributed by atoms with E-state index in [9.17, 15) is 0 Å². The van der Waals surface area contributed by atoms with Crippen molar-refractivity contribution in [3.8, 4) is 0 Å². The topological polar surface area (TPSA) is 12.0 Å². The van der Waals surface area contributed by atoms with Crippen LogP contribution in [-0.4, -0.2) is 13.1 Å². The average molecular weight is 287 g/mol. The fraction of sp³-hybridized carbons (Fsp3) is 0.700. The van der Waals surface area contributed by atoms with Crippen molar-refractivity contribution in [1.82, 2.24) is 5.32 Å². The molecule has 1 unspecified atom stereocenters. The van der Waals surface area contributed by atoms with Crippen LogP contribution in [0.3, 0.4) is 0 Å². The van der Waals surface area contributed by atoms with E-state index in [0.29, 0.717) is 5.92 Å². The van der Waals surface area contributed by atoms with Crippen LogP contribution in [0.1, 0.15) is 70.3 Å². The highest BCUT2D eigenvalue weighted by atomic mass is 14.9. The molecule has 0 amide bonds. The quantitative estimate of drug-likeness (QED) is 0.664. The summed E-state index contributed by atoms with van der Waals surface area (Å²) in [6.07, 6.45) is 10.1. The van der Waals surface area contributed by atoms with Gasteiger partial charge in [-0.2, -0.15) is 0 Å². The lowest BCUT2D eigenvalue weighted by Crippen LogP contribution is -2.26. The molecular weight excluding hydrogens is 254 g/mol. The largest absolute Gasteiger partial charge is 0.316 e. The molecule has 1 fully saturated rings. The van der Waals surface area contributed by atoms with Crippen LogP contribution in [0, 0.1) is 11.8 Å². The second kappa shape index (κ2) is 9.25. The Kier molecular flexibility index (Phi) is 7.29. The predicted molar refractivity (Wildman–Crippen MR) is 92.7 cm³/mol. The molecule has 1 saturated carbocycles. The van der Waals surface area contributed by atoms with E-state index in [4.69, 9.17) is 0 Å². The maximum absolute atomic E-state index is 3.69. The van der Waals surface area contributed by atoms with Gasteiger partial charge in [0.2, 0.25) is 0 Å². The van der Waals surface area contributed by atoms with Gasteiger partial charge >= 0.3 is 0 Å². The van der Waals surface area contributed by atoms with Crippen LogP contribution < -0.4 is 5.32 Å². The zero-order valence-electron chi connectivity index (χ0n) is 14.0. The monoisotopic (exact) mass is 287 g/mol. The lowest BCUT2D eigenvalue weighted by Gasteiger charge is -2.24. The van der Waals surface area contributed by atoms with E-state index in [2.05, 4.69) is 49.5 Å². The van der Waals surface area contributed by atoms with Crippen LogP contribution in [0.25, 0.3) is 0 Å². The molecule has 1 aliphatic rings. The highest BCUT2D eigenvalue weighted by molar-refractivity contribution is 5.20. The Hall–Kier alpha value is -0.820. The van der Waals surface area contributed by atoms with Gasteiger partial charge in [-0.15, -0.1) is 0 Å². The zero-order chi connectivity index (χ0) is 14.9. The SMILES string of the molecule is CC(C)CNCC(CC1CCCCCC1)c1ccccc1. The van der Waals surface area contributed by atoms with E-state index in [1.807, 2.05) is 0 Å². The van der Waals surface area contributed by atoms with Gasteiger partial charge in [-0.1, -0.05) is 82.7 Å². The van der Waals surface area contributed by atoms with Crippen molar-refractivity contribution < 1.29 is 0 Å². The third kappa shape index (κ3) is 6.22. The highest BCUT2D eigenvalue weighted by Gasteiger charge is 2.19. The van der Waals surface area contributed by atoms with Crippen LogP contribution in [0.2, 0.25) is 0 Å². The normalized spacial score (nSPS) is 18.6. The van der Waals surface area contributed by atoms with Gasteiger partial charge in [-0.3, -0.25) is 0 Å². The van der Waals surface area contributed by atoms with E-state index in [0.717, 1.165) is 24.9 Å². The maximum Gasteiger partial charge on any atom is 0.00203 e. The smallest absolute Gasteiger partial charge is 0.00203 e. The van der Waals surface area contributed by atoms with Crippen molar-refractivity contribution in [2.45, 2.75) is 64.7 Å². The van der Waals surface area contributed by atoms with Crippen LogP contribution in [0.5, 0.6) is 0 Å². The molecule has 21 heavy (non-hydrogen) atoms. The Morgan fingerprint density at radius 2 is 1.62 bits per heavy atom. The number of hydrogen-bond donors (Lipinski definition) is 1. The predicted octanol–water partition coefficient (Wildman–Crippen LogP) is 5.38. The molecule has 1 nitrogen and oxygen atoms in total. The highest BCUT2D eigenvalue weighted by Crippen LogP contribution is 2.32. The molecule has 0 bridgehead atoms. The van der Waals surface area contributed by atoms with E-state index in [-0.39, 0.29) is 0 Å². The van der Waals surface area contributed by atoms with E-state index >= 15 is 0 Å². The summed E-state index contributed by atoms with van der Waals surface area (Å²) < 4.78 is 0. The van der Waals surface area contributed by atoms with E-state index in [1.54, 1.807) is 0 Å². The fourth-order valence-corrected chi connectivity index (χ4v) is 3.61. The summed E-state index contributed by atoms with van der Waals surface area (Å²) in [7, 11) is 0. The Bertz CT molecular complexity index is 363. The third-order valence-corrected chi connectivity index (χ3v) is 4.81. The maximum atomic E-state index is 3.69. The molecule has 2 rings (SSSR count). The first-order valence-corrected chi connectivity index (χ1v) is 9.01. The van der Waals surface area contributed by atoms with E-state index in [1.165, 1.54) is 50.5 Å². The standard InChI is InChI=1S/C20H33N/c1-17(2)15-21-16-20(19-12-8-5-9-13-19)14-18-10-6-3-4-7-11-18/h5,8-9,12-13,17-18,20-21H,3-4,6-7,10-11,14-16H2,1-2H3. The van der Waals surface area contributed by atoms with Gasteiger partial charge in [0.05, 0.1) is 0 Å². The summed E-state index contributed by atoms with van der Waals surface area (Å²) in [4.78, 5) is 0. The molecule has 118 valence electrons. The zero-order valence-corrected chi connectivity index (χ0v) is 14.0. The molecule has 1 aromatic rings. The first-order chi connectivity index (χ1) is 10.3. The third-order valence-electron chi connectivity index (χ3n) is 4.81. The number of hydrogen-bond acceptors (Lipinski definition) is 1. The molecule has 0 saturated heterocycles. The molecule has 0 aliphatic heterocycles. The summed E-state index contributed by atoms with van der Waals surface area (Å²) in [5, 5.41) is 3.69. The molecule has 1 aliphatic carbocycles. The Morgan fingerprint density at radius 1 is 0.952 bits per heavy atom. The van der Waals surface area contributed by atoms with Gasteiger partial charge < -0.3 is 5.32 Å². The average Bonchev–Trinajstić information content (AvgIpc) is 2.75. The molecule has 1 heteroatoms. The van der Waals surface area contributed by atoms with Crippen molar-refractivity contribution in [1.29, 1.82) is 0 Å². The van der Waals surface area contributed by atoms with Crippen LogP contribution in [-0.2, 0) is 0 Å². The Balaban J connectivity index is 1.93. The fourth-order valence-electron chi connectivity index (χ4n) is 3.61. The van der Waals surface area contributed by atoms with Gasteiger partial charge in [0, 0.05) is 6.54 Å². The molecular formula is C20H33N. The second-order valence-corrected chi connectivity index (χ2v) is 7.25. The Labute approximate surface area is 131 Å². The number of benzene rings is 1. The van der Waals surface area contributed by atoms with Crippen molar-refractivity contribution in [2.24, 2.45) is 11.8 Å². The molecule has 1 aromatic carbocycles. The minimum Gasteiger partial charge on any atom is -0.316 e. The van der Waals surface area contributed by atoms with Gasteiger partial charge in [0.15, 0.2) is 0 Å². The van der Waals surface area contributed by atoms with Crippen LogP contribution in [0.15, 0.2) is 30.3 Å². The number of rotatable bonds is 7. The summed E-state index contributed by atoms with van der Waals surface area (Å²) in [5.74, 6) is 2.37. The lowest BCUT2D eigenvalue weighted by atomic mass is 9.85. The molecule has 1 atom stereocenters. The summed E-state index contributed by atoms with van der Waals surface area (Å²) in [5.41, 5.74) is 1.53. The van der Waals surface area contributed by atoms with Gasteiger partial charge in [0.1, 0.15) is 0 Å². The van der Waals surface area contributed by atoms with Gasteiger partial charge in [0.25, 0.3) is 0 Å². The van der Waals surface area contributed by atoms with Crippen molar-refractivity contribution >= 4 is 0 Å². The summed E-state index contributed by atoms with van der Waals surface area (Å²) in [6.45, 7) is 6.85. The molecule has 0 heterocycles. The van der Waals surface area contributed by atoms with Crippen LogP contribution >= 0.6 is 0 Å². The minimum absolute atomic E-state index is 0.688. The molecule has 1 N–H and O–H groups in total. The van der Waals surface area contributed by atoms with Crippen molar-refractivity contribution in [3.63, 3.8) is 0 Å². The lowest BCUT2D eigenvalue weighted by molar-refractivity contribution is 0.375. The summed E-state index contributed by atoms with van der Waals surface area (Å²) >= 11 is 0. The molecule has 0 spiro atoms. The van der Waals surface area contributed by atoms with Gasteiger partial charge in [-0.25, -0.2) is 0 Å². The van der Waals surface area contributed by atoms with E-state index < -0.39 is 0 Å². The molecule has 0 radical (unpaired) electrons. The Morgan fingerprint density at radius 3 is 2.24 bits per heavy atom. The second-order valence-electron chi connectivity index (χ2n) is 7.25. The van der Waals surface area contributed by atoms with Gasteiger partial charge in [-0.05, 0) is 36.3 Å². The summed E-state index contributed by atoms with van der Waals surface area (Å²) in [6, 6.07) is 11.2. The van der Waals surface area contributed by atoms with Crippen LogP contribution in [0.4, 0.5) is 0 Å². The first-order valence-electron chi connectivity index (χ1n) is 9.01. The van der Waals surface area contributed by atoms with Crippen molar-refractivity contribution in [2.75, 3.05) is 13.1 Å². The number of nitrogens with one attached hydrogen (secondary N) is 1.